The van der Waals surface area contributed by atoms with E-state index in [1.807, 2.05) is 0 Å². The molecule has 0 saturated carbocycles. The van der Waals surface area contributed by atoms with Crippen LogP contribution in [0.1, 0.15) is 33.6 Å². The number of nitrogens with zero attached hydrogens (tertiary/aromatic N) is 1. The van der Waals surface area contributed by atoms with Crippen LogP contribution in [0.4, 0.5) is 0 Å². The smallest absolute Gasteiger partial charge is 0.0680 e. The van der Waals surface area contributed by atoms with Gasteiger partial charge in [0.25, 0.3) is 0 Å². The second kappa shape index (κ2) is 5.69. The molecule has 3 nitrogen and oxygen atoms in total. The van der Waals surface area contributed by atoms with Gasteiger partial charge >= 0.3 is 0 Å². The first-order valence-electron chi connectivity index (χ1n) is 5.82. The molecule has 3 atom stereocenters. The summed E-state index contributed by atoms with van der Waals surface area (Å²) < 4.78 is 0. The summed E-state index contributed by atoms with van der Waals surface area (Å²) in [6.45, 7) is 9.64. The highest BCUT2D eigenvalue weighted by atomic mass is 16.3. The lowest BCUT2D eigenvalue weighted by atomic mass is 10.1. The quantitative estimate of drug-likeness (QED) is 0.690. The maximum Gasteiger partial charge on any atom is 0.0680 e. The van der Waals surface area contributed by atoms with Crippen molar-refractivity contribution in [2.24, 2.45) is 0 Å². The molecule has 0 aromatic carbocycles. The minimum absolute atomic E-state index is 0.129. The van der Waals surface area contributed by atoms with Crippen molar-refractivity contribution in [3.8, 4) is 0 Å². The van der Waals surface area contributed by atoms with E-state index in [9.17, 15) is 5.11 Å². The predicted molar refractivity (Wildman–Crippen MR) is 59.4 cm³/mol. The molecular formula is C11H24N2O. The highest BCUT2D eigenvalue weighted by Crippen LogP contribution is 2.11. The van der Waals surface area contributed by atoms with Crippen molar-refractivity contribution in [2.75, 3.05) is 19.6 Å². The fourth-order valence-corrected chi connectivity index (χ4v) is 2.10. The lowest BCUT2D eigenvalue weighted by Crippen LogP contribution is -2.41. The minimum atomic E-state index is -0.129. The van der Waals surface area contributed by atoms with Crippen LogP contribution >= 0.6 is 0 Å². The van der Waals surface area contributed by atoms with E-state index in [4.69, 9.17) is 0 Å². The molecule has 1 rings (SSSR count). The first kappa shape index (κ1) is 12.0. The molecule has 0 bridgehead atoms. The van der Waals surface area contributed by atoms with Crippen LogP contribution in [0.3, 0.4) is 0 Å². The lowest BCUT2D eigenvalue weighted by Gasteiger charge is -2.29. The number of aliphatic hydroxyl groups is 1. The lowest BCUT2D eigenvalue weighted by molar-refractivity contribution is 0.174. The van der Waals surface area contributed by atoms with E-state index in [2.05, 4.69) is 31.0 Å². The first-order valence-corrected chi connectivity index (χ1v) is 5.82. The molecule has 84 valence electrons. The predicted octanol–water partition coefficient (Wildman–Crippen LogP) is 0.830. The van der Waals surface area contributed by atoms with E-state index >= 15 is 0 Å². The standard InChI is InChI=1S/C11H24N2O/c1-4-9(3)13(5-2)8-10-6-11(14)7-12-10/h9-12,14H,4-8H2,1-3H3. The molecule has 14 heavy (non-hydrogen) atoms. The molecule has 1 heterocycles. The maximum absolute atomic E-state index is 9.40. The molecule has 0 aromatic rings. The topological polar surface area (TPSA) is 35.5 Å². The van der Waals surface area contributed by atoms with Crippen LogP contribution in [0.2, 0.25) is 0 Å². The Kier molecular flexibility index (Phi) is 4.85. The summed E-state index contributed by atoms with van der Waals surface area (Å²) in [5.41, 5.74) is 0. The molecule has 0 aliphatic carbocycles. The largest absolute Gasteiger partial charge is 0.392 e. The number of aliphatic hydroxyl groups excluding tert-OH is 1. The van der Waals surface area contributed by atoms with Crippen molar-refractivity contribution < 1.29 is 5.11 Å². The average Bonchev–Trinajstić information content (AvgIpc) is 2.59. The Balaban J connectivity index is 2.33. The zero-order valence-electron chi connectivity index (χ0n) is 9.66. The van der Waals surface area contributed by atoms with Crippen molar-refractivity contribution in [3.63, 3.8) is 0 Å². The average molecular weight is 200 g/mol. The van der Waals surface area contributed by atoms with E-state index < -0.39 is 0 Å². The molecule has 3 heteroatoms. The molecule has 2 N–H and O–H groups in total. The number of hydrogen-bond donors (Lipinski definition) is 2. The monoisotopic (exact) mass is 200 g/mol. The molecular weight excluding hydrogens is 176 g/mol. The number of likely N-dealkylation sites (N-methyl/N-ethyl adjacent to an activating group) is 1. The highest BCUT2D eigenvalue weighted by molar-refractivity contribution is 4.84. The fourth-order valence-electron chi connectivity index (χ4n) is 2.10. The summed E-state index contributed by atoms with van der Waals surface area (Å²) in [6.07, 6.45) is 1.98. The van der Waals surface area contributed by atoms with Crippen LogP contribution < -0.4 is 5.32 Å². The summed E-state index contributed by atoms with van der Waals surface area (Å²) in [4.78, 5) is 2.48. The molecule has 1 saturated heterocycles. The minimum Gasteiger partial charge on any atom is -0.392 e. The zero-order chi connectivity index (χ0) is 10.6. The molecule has 1 aliphatic heterocycles. The van der Waals surface area contributed by atoms with E-state index in [1.54, 1.807) is 0 Å². The molecule has 0 spiro atoms. The van der Waals surface area contributed by atoms with Crippen molar-refractivity contribution in [3.05, 3.63) is 0 Å². The number of hydrogen-bond acceptors (Lipinski definition) is 3. The summed E-state index contributed by atoms with van der Waals surface area (Å²) in [7, 11) is 0. The number of nitrogens with one attached hydrogen (secondary N) is 1. The van der Waals surface area contributed by atoms with Crippen LogP contribution in [0.15, 0.2) is 0 Å². The van der Waals surface area contributed by atoms with Crippen molar-refractivity contribution in [1.29, 1.82) is 0 Å². The van der Waals surface area contributed by atoms with Crippen LogP contribution in [0.5, 0.6) is 0 Å². The molecule has 0 aromatic heterocycles. The van der Waals surface area contributed by atoms with Crippen molar-refractivity contribution in [1.82, 2.24) is 10.2 Å². The molecule has 1 aliphatic rings. The molecule has 0 radical (unpaired) electrons. The highest BCUT2D eigenvalue weighted by Gasteiger charge is 2.24. The van der Waals surface area contributed by atoms with Crippen molar-refractivity contribution in [2.45, 2.75) is 51.8 Å². The third kappa shape index (κ3) is 3.23. The Bertz CT molecular complexity index is 163. The van der Waals surface area contributed by atoms with E-state index in [-0.39, 0.29) is 6.10 Å². The van der Waals surface area contributed by atoms with Gasteiger partial charge in [0.05, 0.1) is 6.10 Å². The van der Waals surface area contributed by atoms with Gasteiger partial charge in [0.15, 0.2) is 0 Å². The summed E-state index contributed by atoms with van der Waals surface area (Å²) in [6, 6.07) is 1.14. The third-order valence-electron chi connectivity index (χ3n) is 3.27. The zero-order valence-corrected chi connectivity index (χ0v) is 9.66. The number of β-amino-alcohol motifs (C(OH)–C–C–N with tert-alkyl or cyclic N) is 1. The molecule has 1 fully saturated rings. The van der Waals surface area contributed by atoms with Crippen LogP contribution in [-0.2, 0) is 0 Å². The van der Waals surface area contributed by atoms with Crippen LogP contribution in [0, 0.1) is 0 Å². The van der Waals surface area contributed by atoms with Gasteiger partial charge in [-0.2, -0.15) is 0 Å². The van der Waals surface area contributed by atoms with Crippen LogP contribution in [-0.4, -0.2) is 47.8 Å². The SMILES string of the molecule is CCC(C)N(CC)CC1CC(O)CN1. The summed E-state index contributed by atoms with van der Waals surface area (Å²) in [5, 5.41) is 12.8. The maximum atomic E-state index is 9.40. The van der Waals surface area contributed by atoms with Gasteiger partial charge in [-0.05, 0) is 26.3 Å². The fraction of sp³-hybridized carbons (Fsp3) is 1.00. The second-order valence-corrected chi connectivity index (χ2v) is 4.34. The molecule has 0 amide bonds. The van der Waals surface area contributed by atoms with Gasteiger partial charge in [0, 0.05) is 25.2 Å². The van der Waals surface area contributed by atoms with E-state index in [0.717, 1.165) is 26.1 Å². The summed E-state index contributed by atoms with van der Waals surface area (Å²) in [5.74, 6) is 0. The van der Waals surface area contributed by atoms with Gasteiger partial charge in [0.2, 0.25) is 0 Å². The van der Waals surface area contributed by atoms with E-state index in [1.165, 1.54) is 6.42 Å². The van der Waals surface area contributed by atoms with E-state index in [0.29, 0.717) is 12.1 Å². The number of rotatable bonds is 5. The Labute approximate surface area is 87.5 Å². The van der Waals surface area contributed by atoms with Gasteiger partial charge in [-0.15, -0.1) is 0 Å². The Morgan fingerprint density at radius 3 is 2.64 bits per heavy atom. The van der Waals surface area contributed by atoms with Gasteiger partial charge in [-0.1, -0.05) is 13.8 Å². The first-order chi connectivity index (χ1) is 6.67. The Morgan fingerprint density at radius 2 is 2.21 bits per heavy atom. The van der Waals surface area contributed by atoms with Crippen molar-refractivity contribution >= 4 is 0 Å². The Morgan fingerprint density at radius 1 is 1.50 bits per heavy atom. The van der Waals surface area contributed by atoms with Gasteiger partial charge in [-0.3, -0.25) is 4.90 Å². The Hall–Kier alpha value is -0.120. The molecule has 3 unspecified atom stereocenters. The normalized spacial score (nSPS) is 29.8. The van der Waals surface area contributed by atoms with Crippen LogP contribution in [0.25, 0.3) is 0 Å². The van der Waals surface area contributed by atoms with Gasteiger partial charge < -0.3 is 10.4 Å². The second-order valence-electron chi connectivity index (χ2n) is 4.34. The third-order valence-corrected chi connectivity index (χ3v) is 3.27. The summed E-state index contributed by atoms with van der Waals surface area (Å²) >= 11 is 0. The van der Waals surface area contributed by atoms with Gasteiger partial charge in [-0.25, -0.2) is 0 Å². The van der Waals surface area contributed by atoms with Gasteiger partial charge in [0.1, 0.15) is 0 Å².